The van der Waals surface area contributed by atoms with Crippen LogP contribution in [0.5, 0.6) is 5.75 Å². The predicted octanol–water partition coefficient (Wildman–Crippen LogP) is 3.97. The fourth-order valence-electron chi connectivity index (χ4n) is 2.04. The van der Waals surface area contributed by atoms with E-state index in [1.165, 1.54) is 5.56 Å². The van der Waals surface area contributed by atoms with Crippen molar-refractivity contribution < 1.29 is 4.74 Å². The van der Waals surface area contributed by atoms with Gasteiger partial charge in [0.15, 0.2) is 0 Å². The van der Waals surface area contributed by atoms with E-state index in [1.54, 1.807) is 11.8 Å². The van der Waals surface area contributed by atoms with E-state index < -0.39 is 0 Å². The van der Waals surface area contributed by atoms with Crippen molar-refractivity contribution in [2.45, 2.75) is 24.7 Å². The van der Waals surface area contributed by atoms with Gasteiger partial charge in [-0.15, -0.1) is 11.8 Å². The lowest BCUT2D eigenvalue weighted by Gasteiger charge is -2.09. The zero-order chi connectivity index (χ0) is 15.1. The smallest absolute Gasteiger partial charge is 0.120 e. The van der Waals surface area contributed by atoms with E-state index in [2.05, 4.69) is 12.1 Å². The molecule has 0 spiro atoms. The zero-order valence-corrected chi connectivity index (χ0v) is 13.2. The van der Waals surface area contributed by atoms with Crippen molar-refractivity contribution in [2.24, 2.45) is 0 Å². The van der Waals surface area contributed by atoms with E-state index in [4.69, 9.17) is 16.2 Å². The molecule has 2 aromatic carbocycles. The van der Waals surface area contributed by atoms with Crippen molar-refractivity contribution >= 4 is 23.1 Å². The minimum absolute atomic E-state index is 0.672. The average molecular weight is 302 g/mol. The number of hydrogen-bond donors (Lipinski definition) is 2. The molecule has 0 aliphatic carbocycles. The number of hydrogen-bond acceptors (Lipinski definition) is 4. The summed E-state index contributed by atoms with van der Waals surface area (Å²) in [5, 5.41) is 0. The molecule has 0 saturated heterocycles. The van der Waals surface area contributed by atoms with Crippen LogP contribution in [0.4, 0.5) is 11.4 Å². The van der Waals surface area contributed by atoms with Crippen LogP contribution in [0.25, 0.3) is 0 Å². The van der Waals surface area contributed by atoms with Crippen LogP contribution < -0.4 is 16.2 Å². The van der Waals surface area contributed by atoms with Gasteiger partial charge >= 0.3 is 0 Å². The molecule has 21 heavy (non-hydrogen) atoms. The first kappa shape index (κ1) is 15.6. The highest BCUT2D eigenvalue weighted by molar-refractivity contribution is 7.99. The number of aryl methyl sites for hydroxylation is 1. The summed E-state index contributed by atoms with van der Waals surface area (Å²) < 4.78 is 5.51. The highest BCUT2D eigenvalue weighted by atomic mass is 32.2. The molecule has 0 fully saturated rings. The summed E-state index contributed by atoms with van der Waals surface area (Å²) >= 11 is 1.78. The van der Waals surface area contributed by atoms with Gasteiger partial charge in [0.05, 0.1) is 6.61 Å². The van der Waals surface area contributed by atoms with Gasteiger partial charge < -0.3 is 16.2 Å². The third-order valence-corrected chi connectivity index (χ3v) is 4.30. The summed E-state index contributed by atoms with van der Waals surface area (Å²) in [5.41, 5.74) is 14.6. The minimum atomic E-state index is 0.672. The van der Waals surface area contributed by atoms with Crippen LogP contribution in [0.15, 0.2) is 47.4 Å². The van der Waals surface area contributed by atoms with Gasteiger partial charge in [0.1, 0.15) is 5.75 Å². The number of benzene rings is 2. The van der Waals surface area contributed by atoms with Gasteiger partial charge in [0.25, 0.3) is 0 Å². The second-order valence-electron chi connectivity index (χ2n) is 4.83. The summed E-state index contributed by atoms with van der Waals surface area (Å²) in [6.07, 6.45) is 2.16. The van der Waals surface area contributed by atoms with Crippen molar-refractivity contribution in [1.29, 1.82) is 0 Å². The molecule has 0 saturated carbocycles. The normalized spacial score (nSPS) is 10.5. The van der Waals surface area contributed by atoms with Gasteiger partial charge in [-0.2, -0.15) is 0 Å². The van der Waals surface area contributed by atoms with Gasteiger partial charge in [-0.05, 0) is 61.4 Å². The fraction of sp³-hybridized carbons (Fsp3) is 0.294. The zero-order valence-electron chi connectivity index (χ0n) is 12.3. The van der Waals surface area contributed by atoms with Gasteiger partial charge in [0, 0.05) is 16.3 Å². The number of thioether (sulfide) groups is 1. The maximum Gasteiger partial charge on any atom is 0.120 e. The first-order valence-corrected chi connectivity index (χ1v) is 8.17. The second kappa shape index (κ2) is 7.84. The SMILES string of the molecule is CCOc1ccc(N)c(SCCCc2ccc(N)cc2)c1. The van der Waals surface area contributed by atoms with E-state index >= 15 is 0 Å². The monoisotopic (exact) mass is 302 g/mol. The Balaban J connectivity index is 1.82. The predicted molar refractivity (Wildman–Crippen MR) is 91.9 cm³/mol. The Hall–Kier alpha value is -1.81. The molecule has 0 amide bonds. The fourth-order valence-corrected chi connectivity index (χ4v) is 2.98. The molecular weight excluding hydrogens is 280 g/mol. The molecular formula is C17H22N2OS. The number of nitrogens with two attached hydrogens (primary N) is 2. The van der Waals surface area contributed by atoms with Crippen LogP contribution in [0.1, 0.15) is 18.9 Å². The standard InChI is InChI=1S/C17H22N2OS/c1-2-20-15-9-10-16(19)17(12-15)21-11-3-4-13-5-7-14(18)8-6-13/h5-10,12H,2-4,11,18-19H2,1H3. The van der Waals surface area contributed by atoms with Crippen molar-refractivity contribution in [2.75, 3.05) is 23.8 Å². The van der Waals surface area contributed by atoms with Crippen LogP contribution in [0.3, 0.4) is 0 Å². The summed E-state index contributed by atoms with van der Waals surface area (Å²) in [7, 11) is 0. The summed E-state index contributed by atoms with van der Waals surface area (Å²) in [5.74, 6) is 1.91. The molecule has 2 rings (SSSR count). The molecule has 4 N–H and O–H groups in total. The summed E-state index contributed by atoms with van der Waals surface area (Å²) in [4.78, 5) is 1.10. The van der Waals surface area contributed by atoms with Crippen LogP contribution in [-0.4, -0.2) is 12.4 Å². The molecule has 0 radical (unpaired) electrons. The number of anilines is 2. The number of nitrogen functional groups attached to an aromatic ring is 2. The molecule has 0 heterocycles. The molecule has 0 unspecified atom stereocenters. The van der Waals surface area contributed by atoms with E-state index in [-0.39, 0.29) is 0 Å². The number of rotatable bonds is 7. The van der Waals surface area contributed by atoms with Gasteiger partial charge in [0.2, 0.25) is 0 Å². The average Bonchev–Trinajstić information content (AvgIpc) is 2.49. The molecule has 0 aromatic heterocycles. The van der Waals surface area contributed by atoms with E-state index in [0.717, 1.165) is 40.6 Å². The third-order valence-electron chi connectivity index (χ3n) is 3.14. The maximum absolute atomic E-state index is 6.01. The Morgan fingerprint density at radius 1 is 1.05 bits per heavy atom. The number of ether oxygens (including phenoxy) is 1. The van der Waals surface area contributed by atoms with Crippen molar-refractivity contribution in [3.05, 3.63) is 48.0 Å². The molecule has 0 atom stereocenters. The Morgan fingerprint density at radius 3 is 2.52 bits per heavy atom. The van der Waals surface area contributed by atoms with Crippen LogP contribution >= 0.6 is 11.8 Å². The van der Waals surface area contributed by atoms with Gasteiger partial charge in [-0.25, -0.2) is 0 Å². The topological polar surface area (TPSA) is 61.3 Å². The molecule has 112 valence electrons. The maximum atomic E-state index is 6.01. The van der Waals surface area contributed by atoms with E-state index in [1.807, 2.05) is 37.3 Å². The van der Waals surface area contributed by atoms with Gasteiger partial charge in [-0.3, -0.25) is 0 Å². The molecule has 0 aliphatic heterocycles. The molecule has 0 bridgehead atoms. The quantitative estimate of drug-likeness (QED) is 0.461. The van der Waals surface area contributed by atoms with Crippen LogP contribution in [0.2, 0.25) is 0 Å². The van der Waals surface area contributed by atoms with Crippen molar-refractivity contribution in [3.63, 3.8) is 0 Å². The largest absolute Gasteiger partial charge is 0.494 e. The highest BCUT2D eigenvalue weighted by Gasteiger charge is 2.03. The Kier molecular flexibility index (Phi) is 5.81. The van der Waals surface area contributed by atoms with E-state index in [0.29, 0.717) is 6.61 Å². The first-order chi connectivity index (χ1) is 10.2. The lowest BCUT2D eigenvalue weighted by Crippen LogP contribution is -1.95. The van der Waals surface area contributed by atoms with Crippen LogP contribution in [-0.2, 0) is 6.42 Å². The van der Waals surface area contributed by atoms with Gasteiger partial charge in [-0.1, -0.05) is 12.1 Å². The molecule has 3 nitrogen and oxygen atoms in total. The van der Waals surface area contributed by atoms with E-state index in [9.17, 15) is 0 Å². The Labute approximate surface area is 130 Å². The Bertz CT molecular complexity index is 570. The summed E-state index contributed by atoms with van der Waals surface area (Å²) in [6, 6.07) is 13.9. The lowest BCUT2D eigenvalue weighted by atomic mass is 10.1. The highest BCUT2D eigenvalue weighted by Crippen LogP contribution is 2.29. The first-order valence-electron chi connectivity index (χ1n) is 7.18. The molecule has 0 aliphatic rings. The summed E-state index contributed by atoms with van der Waals surface area (Å²) in [6.45, 7) is 2.65. The lowest BCUT2D eigenvalue weighted by molar-refractivity contribution is 0.339. The second-order valence-corrected chi connectivity index (χ2v) is 5.96. The van der Waals surface area contributed by atoms with Crippen LogP contribution in [0, 0.1) is 0 Å². The minimum Gasteiger partial charge on any atom is -0.494 e. The third kappa shape index (κ3) is 4.90. The molecule has 2 aromatic rings. The Morgan fingerprint density at radius 2 is 1.81 bits per heavy atom. The van der Waals surface area contributed by atoms with Crippen molar-refractivity contribution in [1.82, 2.24) is 0 Å². The molecule has 4 heteroatoms. The van der Waals surface area contributed by atoms with Crippen molar-refractivity contribution in [3.8, 4) is 5.75 Å².